The van der Waals surface area contributed by atoms with E-state index in [1.807, 2.05) is 12.1 Å². The molecular weight excluding hydrogens is 401 g/mol. The van der Waals surface area contributed by atoms with E-state index in [2.05, 4.69) is 81.1 Å². The molecule has 1 nitrogen and oxygen atoms in total. The lowest BCUT2D eigenvalue weighted by molar-refractivity contribution is 0.739. The number of hydrogen-bond donors (Lipinski definition) is 0. The van der Waals surface area contributed by atoms with E-state index in [-0.39, 0.29) is 6.04 Å². The Bertz CT molecular complexity index is 584. The maximum absolute atomic E-state index is 5.94. The quantitative estimate of drug-likeness (QED) is 0.536. The second kappa shape index (κ2) is 6.97. The van der Waals surface area contributed by atoms with Crippen LogP contribution in [0, 0.1) is 0 Å². The van der Waals surface area contributed by atoms with Gasteiger partial charge < -0.3 is 4.90 Å². The van der Waals surface area contributed by atoms with Crippen molar-refractivity contribution in [3.05, 3.63) is 63.1 Å². The molecular formula is C16H16Br2ClN. The highest BCUT2D eigenvalue weighted by Crippen LogP contribution is 2.30. The third-order valence-electron chi connectivity index (χ3n) is 3.52. The van der Waals surface area contributed by atoms with Crippen molar-refractivity contribution in [3.63, 3.8) is 0 Å². The first-order valence-electron chi connectivity index (χ1n) is 6.35. The van der Waals surface area contributed by atoms with E-state index < -0.39 is 0 Å². The van der Waals surface area contributed by atoms with Gasteiger partial charge in [-0.2, -0.15) is 0 Å². The maximum atomic E-state index is 5.94. The molecule has 4 heteroatoms. The molecule has 1 atom stereocenters. The van der Waals surface area contributed by atoms with Gasteiger partial charge in [-0.15, -0.1) is 0 Å². The minimum Gasteiger partial charge on any atom is -0.368 e. The molecule has 0 bridgehead atoms. The fourth-order valence-corrected chi connectivity index (χ4v) is 3.55. The van der Waals surface area contributed by atoms with Gasteiger partial charge in [0.05, 0.1) is 6.04 Å². The van der Waals surface area contributed by atoms with Crippen molar-refractivity contribution < 1.29 is 0 Å². The zero-order valence-corrected chi connectivity index (χ0v) is 15.3. The van der Waals surface area contributed by atoms with Crippen LogP contribution in [0.3, 0.4) is 0 Å². The van der Waals surface area contributed by atoms with Crippen LogP contribution < -0.4 is 4.90 Å². The van der Waals surface area contributed by atoms with Gasteiger partial charge in [-0.3, -0.25) is 0 Å². The van der Waals surface area contributed by atoms with E-state index in [0.29, 0.717) is 0 Å². The summed E-state index contributed by atoms with van der Waals surface area (Å²) in [6.45, 7) is 2.19. The van der Waals surface area contributed by atoms with Crippen molar-refractivity contribution >= 4 is 49.1 Å². The molecule has 0 radical (unpaired) electrons. The molecule has 0 aromatic heterocycles. The molecule has 0 heterocycles. The molecule has 0 saturated heterocycles. The summed E-state index contributed by atoms with van der Waals surface area (Å²) >= 11 is 13.0. The Kier molecular flexibility index (Phi) is 5.53. The average molecular weight is 418 g/mol. The first-order valence-corrected chi connectivity index (χ1v) is 8.65. The lowest BCUT2D eigenvalue weighted by atomic mass is 10.1. The number of benzene rings is 2. The Hall–Kier alpha value is -0.510. The zero-order valence-electron chi connectivity index (χ0n) is 11.4. The van der Waals surface area contributed by atoms with Gasteiger partial charge in [0.2, 0.25) is 0 Å². The topological polar surface area (TPSA) is 3.24 Å². The van der Waals surface area contributed by atoms with Crippen LogP contribution in [0.4, 0.5) is 5.69 Å². The average Bonchev–Trinajstić information content (AvgIpc) is 2.46. The molecule has 0 N–H and O–H groups in total. The third kappa shape index (κ3) is 3.57. The van der Waals surface area contributed by atoms with Crippen LogP contribution in [0.25, 0.3) is 0 Å². The summed E-state index contributed by atoms with van der Waals surface area (Å²) in [5, 5.41) is 1.62. The SMILES string of the molecule is CC(c1ccc(Cl)cc1)N(C)c1ccc(CBr)c(Br)c1. The summed E-state index contributed by atoms with van der Waals surface area (Å²) in [5.41, 5.74) is 3.68. The lowest BCUT2D eigenvalue weighted by Crippen LogP contribution is -2.21. The second-order valence-corrected chi connectivity index (χ2v) is 6.60. The second-order valence-electron chi connectivity index (χ2n) is 4.75. The molecule has 0 spiro atoms. The van der Waals surface area contributed by atoms with E-state index in [4.69, 9.17) is 11.6 Å². The first kappa shape index (κ1) is 15.9. The smallest absolute Gasteiger partial charge is 0.0511 e. The molecule has 0 fully saturated rings. The van der Waals surface area contributed by atoms with Crippen LogP contribution in [0.1, 0.15) is 24.1 Å². The van der Waals surface area contributed by atoms with Crippen molar-refractivity contribution in [1.29, 1.82) is 0 Å². The Labute approximate surface area is 142 Å². The fourth-order valence-electron chi connectivity index (χ4n) is 2.05. The van der Waals surface area contributed by atoms with Crippen LogP contribution in [0.5, 0.6) is 0 Å². The van der Waals surface area contributed by atoms with Crippen LogP contribution in [0.15, 0.2) is 46.9 Å². The van der Waals surface area contributed by atoms with Crippen molar-refractivity contribution in [3.8, 4) is 0 Å². The Morgan fingerprint density at radius 1 is 1.15 bits per heavy atom. The highest BCUT2D eigenvalue weighted by molar-refractivity contribution is 9.10. The fraction of sp³-hybridized carbons (Fsp3) is 0.250. The molecule has 2 aromatic carbocycles. The number of halogens is 3. The van der Waals surface area contributed by atoms with Crippen LogP contribution in [0.2, 0.25) is 5.02 Å². The van der Waals surface area contributed by atoms with Crippen molar-refractivity contribution in [2.75, 3.05) is 11.9 Å². The Morgan fingerprint density at radius 2 is 1.80 bits per heavy atom. The van der Waals surface area contributed by atoms with Gasteiger partial charge in [-0.25, -0.2) is 0 Å². The molecule has 20 heavy (non-hydrogen) atoms. The molecule has 106 valence electrons. The number of rotatable bonds is 4. The Balaban J connectivity index is 2.24. The molecule has 0 saturated carbocycles. The van der Waals surface area contributed by atoms with Gasteiger partial charge in [-0.05, 0) is 42.3 Å². The summed E-state index contributed by atoms with van der Waals surface area (Å²) in [6.07, 6.45) is 0. The molecule has 2 rings (SSSR count). The van der Waals surface area contributed by atoms with Gasteiger partial charge >= 0.3 is 0 Å². The summed E-state index contributed by atoms with van der Waals surface area (Å²) in [7, 11) is 2.11. The summed E-state index contributed by atoms with van der Waals surface area (Å²) in [4.78, 5) is 2.26. The molecule has 2 aromatic rings. The van der Waals surface area contributed by atoms with Crippen molar-refractivity contribution in [2.45, 2.75) is 18.3 Å². The summed E-state index contributed by atoms with van der Waals surface area (Å²) in [6, 6.07) is 14.7. The zero-order chi connectivity index (χ0) is 14.7. The highest BCUT2D eigenvalue weighted by atomic mass is 79.9. The van der Waals surface area contributed by atoms with E-state index in [1.54, 1.807) is 0 Å². The number of alkyl halides is 1. The minimum atomic E-state index is 0.286. The number of nitrogens with zero attached hydrogens (tertiary/aromatic N) is 1. The van der Waals surface area contributed by atoms with Gasteiger partial charge in [0.25, 0.3) is 0 Å². The largest absolute Gasteiger partial charge is 0.368 e. The monoisotopic (exact) mass is 415 g/mol. The Morgan fingerprint density at radius 3 is 2.35 bits per heavy atom. The third-order valence-corrected chi connectivity index (χ3v) is 5.12. The van der Waals surface area contributed by atoms with E-state index in [0.717, 1.165) is 14.8 Å². The number of hydrogen-bond acceptors (Lipinski definition) is 1. The highest BCUT2D eigenvalue weighted by Gasteiger charge is 2.13. The van der Waals surface area contributed by atoms with E-state index >= 15 is 0 Å². The molecule has 0 aliphatic heterocycles. The van der Waals surface area contributed by atoms with Crippen LogP contribution in [-0.4, -0.2) is 7.05 Å². The van der Waals surface area contributed by atoms with Crippen molar-refractivity contribution in [1.82, 2.24) is 0 Å². The molecule has 0 aliphatic rings. The molecule has 0 amide bonds. The normalized spacial score (nSPS) is 12.2. The lowest BCUT2D eigenvalue weighted by Gasteiger charge is -2.28. The maximum Gasteiger partial charge on any atom is 0.0511 e. The van der Waals surface area contributed by atoms with Gasteiger partial charge in [0.15, 0.2) is 0 Å². The van der Waals surface area contributed by atoms with Gasteiger partial charge in [-0.1, -0.05) is 61.7 Å². The predicted octanol–water partition coefficient (Wildman–Crippen LogP) is 6.19. The standard InChI is InChI=1S/C16H16Br2ClN/c1-11(12-3-6-14(19)7-4-12)20(2)15-8-5-13(10-17)16(18)9-15/h3-9,11H,10H2,1-2H3. The van der Waals surface area contributed by atoms with Crippen LogP contribution >= 0.6 is 43.5 Å². The van der Waals surface area contributed by atoms with E-state index in [1.165, 1.54) is 16.8 Å². The summed E-state index contributed by atoms with van der Waals surface area (Å²) in [5.74, 6) is 0. The molecule has 0 aliphatic carbocycles. The van der Waals surface area contributed by atoms with Crippen LogP contribution in [-0.2, 0) is 5.33 Å². The van der Waals surface area contributed by atoms with Gasteiger partial charge in [0.1, 0.15) is 0 Å². The van der Waals surface area contributed by atoms with E-state index in [9.17, 15) is 0 Å². The minimum absolute atomic E-state index is 0.286. The van der Waals surface area contributed by atoms with Gasteiger partial charge in [0, 0.05) is 27.6 Å². The predicted molar refractivity (Wildman–Crippen MR) is 95.0 cm³/mol. The van der Waals surface area contributed by atoms with Crippen molar-refractivity contribution in [2.24, 2.45) is 0 Å². The first-order chi connectivity index (χ1) is 9.52. The molecule has 1 unspecified atom stereocenters. The number of anilines is 1. The summed E-state index contributed by atoms with van der Waals surface area (Å²) < 4.78 is 1.13.